The fourth-order valence-corrected chi connectivity index (χ4v) is 4.50. The third-order valence-corrected chi connectivity index (χ3v) is 6.56. The van der Waals surface area contributed by atoms with Crippen LogP contribution in [0, 0.1) is 5.92 Å². The maximum Gasteiger partial charge on any atom is 0.226 e. The van der Waals surface area contributed by atoms with E-state index in [9.17, 15) is 4.79 Å². The predicted molar refractivity (Wildman–Crippen MR) is 104 cm³/mol. The van der Waals surface area contributed by atoms with Gasteiger partial charge in [0.15, 0.2) is 0 Å². The van der Waals surface area contributed by atoms with Crippen LogP contribution in [0.5, 0.6) is 0 Å². The quantitative estimate of drug-likeness (QED) is 0.839. The summed E-state index contributed by atoms with van der Waals surface area (Å²) in [5.74, 6) is 0.947. The van der Waals surface area contributed by atoms with E-state index in [1.54, 1.807) is 6.33 Å². The van der Waals surface area contributed by atoms with Gasteiger partial charge in [0.25, 0.3) is 0 Å². The fourth-order valence-electron chi connectivity index (χ4n) is 4.50. The summed E-state index contributed by atoms with van der Waals surface area (Å²) >= 11 is 0. The molecule has 5 heteroatoms. The molecule has 1 aromatic carbocycles. The Hall–Kier alpha value is -2.27. The molecule has 3 aliphatic rings. The van der Waals surface area contributed by atoms with Crippen molar-refractivity contribution < 1.29 is 4.79 Å². The van der Waals surface area contributed by atoms with Crippen molar-refractivity contribution in [3.8, 4) is 11.1 Å². The standard InChI is InChI=1S/C22H26N4O/c27-22(26-10-8-25(9-11-26)19-2-1-3-19)21-12-20(21)17-6-4-16(5-7-17)18-13-23-15-24-14-18/h4-7,13-15,19-21H,1-3,8-12H2/t20-,21+/m0/s1. The van der Waals surface area contributed by atoms with Gasteiger partial charge in [-0.3, -0.25) is 9.69 Å². The number of aromatic nitrogens is 2. The average molecular weight is 362 g/mol. The molecule has 27 heavy (non-hydrogen) atoms. The number of amides is 1. The van der Waals surface area contributed by atoms with Gasteiger partial charge in [0.2, 0.25) is 5.91 Å². The first-order valence-electron chi connectivity index (χ1n) is 10.2. The third kappa shape index (κ3) is 3.36. The van der Waals surface area contributed by atoms with Gasteiger partial charge < -0.3 is 4.90 Å². The van der Waals surface area contributed by atoms with E-state index in [0.29, 0.717) is 11.8 Å². The summed E-state index contributed by atoms with van der Waals surface area (Å²) < 4.78 is 0. The number of benzene rings is 1. The summed E-state index contributed by atoms with van der Waals surface area (Å²) in [6.45, 7) is 3.93. The largest absolute Gasteiger partial charge is 0.340 e. The zero-order valence-corrected chi connectivity index (χ0v) is 15.6. The molecule has 0 N–H and O–H groups in total. The molecule has 2 aromatic rings. The highest BCUT2D eigenvalue weighted by atomic mass is 16.2. The molecule has 2 heterocycles. The minimum Gasteiger partial charge on any atom is -0.340 e. The van der Waals surface area contributed by atoms with Crippen LogP contribution in [0.1, 0.15) is 37.2 Å². The Bertz CT molecular complexity index is 795. The zero-order chi connectivity index (χ0) is 18.2. The normalized spacial score (nSPS) is 25.9. The van der Waals surface area contributed by atoms with Gasteiger partial charge in [0, 0.05) is 56.1 Å². The average Bonchev–Trinajstić information content (AvgIpc) is 3.48. The molecule has 1 saturated heterocycles. The topological polar surface area (TPSA) is 49.3 Å². The Labute approximate surface area is 160 Å². The van der Waals surface area contributed by atoms with Crippen LogP contribution in [-0.4, -0.2) is 57.9 Å². The number of carbonyl (C=O) groups excluding carboxylic acids is 1. The van der Waals surface area contributed by atoms with Crippen LogP contribution in [0.2, 0.25) is 0 Å². The molecule has 2 aliphatic carbocycles. The van der Waals surface area contributed by atoms with Crippen LogP contribution in [0.15, 0.2) is 43.0 Å². The molecule has 5 nitrogen and oxygen atoms in total. The summed E-state index contributed by atoms with van der Waals surface area (Å²) in [5, 5.41) is 0. The molecule has 1 amide bonds. The zero-order valence-electron chi connectivity index (χ0n) is 15.6. The van der Waals surface area contributed by atoms with Crippen LogP contribution in [0.25, 0.3) is 11.1 Å². The molecule has 1 aromatic heterocycles. The van der Waals surface area contributed by atoms with Crippen molar-refractivity contribution in [3.05, 3.63) is 48.5 Å². The second-order valence-corrected chi connectivity index (χ2v) is 8.14. The lowest BCUT2D eigenvalue weighted by molar-refractivity contribution is -0.135. The maximum absolute atomic E-state index is 12.9. The van der Waals surface area contributed by atoms with Gasteiger partial charge in [-0.2, -0.15) is 0 Å². The smallest absolute Gasteiger partial charge is 0.226 e. The minimum atomic E-state index is 0.186. The molecule has 5 rings (SSSR count). The molecule has 0 radical (unpaired) electrons. The van der Waals surface area contributed by atoms with E-state index in [4.69, 9.17) is 0 Å². The monoisotopic (exact) mass is 362 g/mol. The highest BCUT2D eigenvalue weighted by Crippen LogP contribution is 2.48. The first kappa shape index (κ1) is 16.9. The van der Waals surface area contributed by atoms with Crippen molar-refractivity contribution in [2.45, 2.75) is 37.6 Å². The van der Waals surface area contributed by atoms with E-state index in [0.717, 1.165) is 49.8 Å². The first-order chi connectivity index (χ1) is 13.3. The maximum atomic E-state index is 12.9. The summed E-state index contributed by atoms with van der Waals surface area (Å²) in [6, 6.07) is 9.35. The molecule has 0 bridgehead atoms. The van der Waals surface area contributed by atoms with Gasteiger partial charge in [-0.25, -0.2) is 9.97 Å². The molecule has 1 aliphatic heterocycles. The molecule has 0 spiro atoms. The molecule has 3 fully saturated rings. The molecule has 2 saturated carbocycles. The minimum absolute atomic E-state index is 0.186. The van der Waals surface area contributed by atoms with E-state index >= 15 is 0 Å². The Kier molecular flexibility index (Phi) is 4.40. The lowest BCUT2D eigenvalue weighted by Crippen LogP contribution is -2.53. The summed E-state index contributed by atoms with van der Waals surface area (Å²) in [5.41, 5.74) is 3.42. The Morgan fingerprint density at radius 1 is 0.926 bits per heavy atom. The van der Waals surface area contributed by atoms with E-state index in [2.05, 4.69) is 44.0 Å². The lowest BCUT2D eigenvalue weighted by atomic mass is 9.91. The highest BCUT2D eigenvalue weighted by molar-refractivity contribution is 5.83. The van der Waals surface area contributed by atoms with Crippen LogP contribution in [0.3, 0.4) is 0 Å². The molecule has 0 unspecified atom stereocenters. The Morgan fingerprint density at radius 2 is 1.63 bits per heavy atom. The van der Waals surface area contributed by atoms with Crippen LogP contribution >= 0.6 is 0 Å². The molecular formula is C22H26N4O. The first-order valence-corrected chi connectivity index (χ1v) is 10.2. The second kappa shape index (κ2) is 7.04. The second-order valence-electron chi connectivity index (χ2n) is 8.14. The molecule has 140 valence electrons. The van der Waals surface area contributed by atoms with Crippen molar-refractivity contribution in [1.82, 2.24) is 19.8 Å². The van der Waals surface area contributed by atoms with Crippen molar-refractivity contribution in [3.63, 3.8) is 0 Å². The van der Waals surface area contributed by atoms with Gasteiger partial charge in [0.1, 0.15) is 6.33 Å². The predicted octanol–water partition coefficient (Wildman–Crippen LogP) is 2.94. The fraction of sp³-hybridized carbons (Fsp3) is 0.500. The number of carbonyl (C=O) groups is 1. The van der Waals surface area contributed by atoms with E-state index in [-0.39, 0.29) is 5.92 Å². The Morgan fingerprint density at radius 3 is 2.26 bits per heavy atom. The lowest BCUT2D eigenvalue weighted by Gasteiger charge is -2.43. The van der Waals surface area contributed by atoms with Gasteiger partial charge in [-0.15, -0.1) is 0 Å². The van der Waals surface area contributed by atoms with Gasteiger partial charge in [-0.05, 0) is 36.3 Å². The number of hydrogen-bond acceptors (Lipinski definition) is 4. The van der Waals surface area contributed by atoms with Crippen molar-refractivity contribution in [2.75, 3.05) is 26.2 Å². The number of hydrogen-bond donors (Lipinski definition) is 0. The van der Waals surface area contributed by atoms with Gasteiger partial charge in [-0.1, -0.05) is 30.7 Å². The van der Waals surface area contributed by atoms with E-state index < -0.39 is 0 Å². The van der Waals surface area contributed by atoms with Crippen LogP contribution in [-0.2, 0) is 4.79 Å². The number of rotatable bonds is 4. The Balaban J connectivity index is 1.17. The van der Waals surface area contributed by atoms with Crippen molar-refractivity contribution >= 4 is 5.91 Å². The van der Waals surface area contributed by atoms with E-state index in [1.165, 1.54) is 24.8 Å². The SMILES string of the molecule is O=C([C@@H]1C[C@H]1c1ccc(-c2cncnc2)cc1)N1CCN(C2CCC2)CC1. The van der Waals surface area contributed by atoms with Gasteiger partial charge >= 0.3 is 0 Å². The summed E-state index contributed by atoms with van der Waals surface area (Å²) in [6.07, 6.45) is 10.3. The van der Waals surface area contributed by atoms with Crippen LogP contribution in [0.4, 0.5) is 0 Å². The molecular weight excluding hydrogens is 336 g/mol. The highest BCUT2D eigenvalue weighted by Gasteiger charge is 2.46. The van der Waals surface area contributed by atoms with Gasteiger partial charge in [0.05, 0.1) is 0 Å². The van der Waals surface area contributed by atoms with Crippen molar-refractivity contribution in [2.24, 2.45) is 5.92 Å². The summed E-state index contributed by atoms with van der Waals surface area (Å²) in [7, 11) is 0. The number of piperazine rings is 1. The number of nitrogens with zero attached hydrogens (tertiary/aromatic N) is 4. The van der Waals surface area contributed by atoms with E-state index in [1.807, 2.05) is 12.4 Å². The van der Waals surface area contributed by atoms with Crippen LogP contribution < -0.4 is 0 Å². The summed E-state index contributed by atoms with van der Waals surface area (Å²) in [4.78, 5) is 25.7. The molecule has 2 atom stereocenters. The van der Waals surface area contributed by atoms with Crippen molar-refractivity contribution in [1.29, 1.82) is 0 Å². The third-order valence-electron chi connectivity index (χ3n) is 6.56.